The molecule has 0 aliphatic carbocycles. The van der Waals surface area contributed by atoms with Gasteiger partial charge in [0.15, 0.2) is 0 Å². The van der Waals surface area contributed by atoms with Crippen molar-refractivity contribution in [3.8, 4) is 0 Å². The van der Waals surface area contributed by atoms with Crippen LogP contribution in [0.3, 0.4) is 0 Å². The Bertz CT molecular complexity index is 113. The molecule has 0 aromatic rings. The standard InChI is InChI=1S/C16H35N4.CH3.ClH.Ti/c1-2-10-18-12-5-6-14-20-16-8-7-15-19-13-4-3-11-17-9-1;;;/h17-19H,1-16H2;1H3;1H;/q2*-1;;+2. The van der Waals surface area contributed by atoms with Gasteiger partial charge in [-0.05, 0) is 77.8 Å². The van der Waals surface area contributed by atoms with Gasteiger partial charge < -0.3 is 28.7 Å². The van der Waals surface area contributed by atoms with Crippen LogP contribution in [0.2, 0.25) is 0 Å². The maximum atomic E-state index is 4.60. The maximum absolute atomic E-state index is 4.60. The maximum Gasteiger partial charge on any atom is 2.00 e. The smallest absolute Gasteiger partial charge is 0.662 e. The van der Waals surface area contributed by atoms with Crippen LogP contribution in [-0.4, -0.2) is 52.4 Å². The molecule has 138 valence electrons. The zero-order chi connectivity index (χ0) is 14.1. The van der Waals surface area contributed by atoms with Crippen LogP contribution >= 0.6 is 12.4 Å². The Hall–Kier alpha value is 0.844. The Kier molecular flexibility index (Phi) is 31.2. The predicted octanol–water partition coefficient (Wildman–Crippen LogP) is 3.13. The van der Waals surface area contributed by atoms with E-state index < -0.39 is 0 Å². The van der Waals surface area contributed by atoms with Gasteiger partial charge in [-0.25, -0.2) is 0 Å². The van der Waals surface area contributed by atoms with Crippen LogP contribution in [0, 0.1) is 7.43 Å². The number of rotatable bonds is 0. The first-order valence-corrected chi connectivity index (χ1v) is 8.75. The molecule has 0 spiro atoms. The average Bonchev–Trinajstić information content (AvgIpc) is 2.46. The topological polar surface area (TPSA) is 50.2 Å². The summed E-state index contributed by atoms with van der Waals surface area (Å²) in [6.45, 7) is 9.12. The Morgan fingerprint density at radius 1 is 0.478 bits per heavy atom. The molecule has 0 atom stereocenters. The molecule has 3 N–H and O–H groups in total. The van der Waals surface area contributed by atoms with Crippen molar-refractivity contribution in [2.24, 2.45) is 0 Å². The van der Waals surface area contributed by atoms with Gasteiger partial charge >= 0.3 is 21.7 Å². The molecule has 6 heteroatoms. The molecular formula is C17H39ClN4Ti. The second-order valence-corrected chi connectivity index (χ2v) is 5.75. The normalized spacial score (nSPS) is 20.9. The molecule has 0 aromatic heterocycles. The van der Waals surface area contributed by atoms with Gasteiger partial charge in [0, 0.05) is 0 Å². The van der Waals surface area contributed by atoms with Crippen LogP contribution in [0.25, 0.3) is 5.32 Å². The van der Waals surface area contributed by atoms with Crippen LogP contribution in [0.15, 0.2) is 0 Å². The minimum absolute atomic E-state index is 0. The van der Waals surface area contributed by atoms with Crippen LogP contribution in [0.1, 0.15) is 51.4 Å². The first kappa shape index (κ1) is 28.6. The molecule has 1 fully saturated rings. The number of hydrogen-bond acceptors (Lipinski definition) is 3. The molecule has 0 bridgehead atoms. The minimum atomic E-state index is 0. The molecule has 4 nitrogen and oxygen atoms in total. The number of nitrogens with one attached hydrogen (secondary N) is 3. The van der Waals surface area contributed by atoms with E-state index in [1.165, 1.54) is 77.5 Å². The van der Waals surface area contributed by atoms with Gasteiger partial charge in [0.25, 0.3) is 0 Å². The third-order valence-corrected chi connectivity index (χ3v) is 3.75. The van der Waals surface area contributed by atoms with Gasteiger partial charge in [-0.3, -0.25) is 0 Å². The van der Waals surface area contributed by atoms with Gasteiger partial charge in [-0.1, -0.05) is 12.8 Å². The zero-order valence-electron chi connectivity index (χ0n) is 15.2. The Morgan fingerprint density at radius 2 is 0.739 bits per heavy atom. The summed E-state index contributed by atoms with van der Waals surface area (Å²) in [5.41, 5.74) is 0. The number of hydrogen-bond donors (Lipinski definition) is 3. The fraction of sp³-hybridized carbons (Fsp3) is 0.941. The second-order valence-electron chi connectivity index (χ2n) is 5.75. The van der Waals surface area contributed by atoms with E-state index in [9.17, 15) is 0 Å². The van der Waals surface area contributed by atoms with Gasteiger partial charge in [0.2, 0.25) is 0 Å². The Labute approximate surface area is 166 Å². The Morgan fingerprint density at radius 3 is 1.04 bits per heavy atom. The first-order chi connectivity index (χ1) is 10.0. The molecule has 0 unspecified atom stereocenters. The molecule has 1 aliphatic rings. The molecule has 0 amide bonds. The van der Waals surface area contributed by atoms with Crippen LogP contribution in [0.5, 0.6) is 0 Å². The summed E-state index contributed by atoms with van der Waals surface area (Å²) in [4.78, 5) is 0. The fourth-order valence-electron chi connectivity index (χ4n) is 2.43. The van der Waals surface area contributed by atoms with Crippen molar-refractivity contribution in [2.75, 3.05) is 52.4 Å². The van der Waals surface area contributed by atoms with Crippen molar-refractivity contribution in [3.63, 3.8) is 0 Å². The quantitative estimate of drug-likeness (QED) is 0.445. The summed E-state index contributed by atoms with van der Waals surface area (Å²) in [5.74, 6) is 0. The van der Waals surface area contributed by atoms with Gasteiger partial charge in [0.05, 0.1) is 0 Å². The van der Waals surface area contributed by atoms with Gasteiger partial charge in [0.1, 0.15) is 0 Å². The summed E-state index contributed by atoms with van der Waals surface area (Å²) < 4.78 is 0. The van der Waals surface area contributed by atoms with Crippen molar-refractivity contribution < 1.29 is 21.7 Å². The molecule has 0 aromatic carbocycles. The molecule has 1 rings (SSSR count). The molecule has 1 heterocycles. The van der Waals surface area contributed by atoms with Crippen LogP contribution < -0.4 is 16.0 Å². The molecule has 1 aliphatic heterocycles. The number of nitrogens with zero attached hydrogens (tertiary/aromatic N) is 1. The minimum Gasteiger partial charge on any atom is -0.662 e. The largest absolute Gasteiger partial charge is 2.00 e. The molecular weight excluding hydrogens is 344 g/mol. The predicted molar refractivity (Wildman–Crippen MR) is 102 cm³/mol. The first-order valence-electron chi connectivity index (χ1n) is 8.75. The third-order valence-electron chi connectivity index (χ3n) is 3.75. The van der Waals surface area contributed by atoms with Crippen LogP contribution in [-0.2, 0) is 21.7 Å². The summed E-state index contributed by atoms with van der Waals surface area (Å²) in [6, 6.07) is 0. The van der Waals surface area contributed by atoms with E-state index in [1.807, 2.05) is 0 Å². The van der Waals surface area contributed by atoms with E-state index >= 15 is 0 Å². The van der Waals surface area contributed by atoms with E-state index in [2.05, 4.69) is 21.3 Å². The molecule has 0 saturated carbocycles. The van der Waals surface area contributed by atoms with Gasteiger partial charge in [-0.2, -0.15) is 0 Å². The molecule has 23 heavy (non-hydrogen) atoms. The fourth-order valence-corrected chi connectivity index (χ4v) is 2.43. The van der Waals surface area contributed by atoms with Crippen molar-refractivity contribution in [2.45, 2.75) is 51.4 Å². The van der Waals surface area contributed by atoms with E-state index in [0.717, 1.165) is 26.2 Å². The van der Waals surface area contributed by atoms with Crippen molar-refractivity contribution in [1.29, 1.82) is 0 Å². The van der Waals surface area contributed by atoms with E-state index in [4.69, 9.17) is 0 Å². The second kappa shape index (κ2) is 25.1. The summed E-state index contributed by atoms with van der Waals surface area (Å²) in [6.07, 6.45) is 10.2. The van der Waals surface area contributed by atoms with Crippen molar-refractivity contribution >= 4 is 12.4 Å². The Balaban J connectivity index is -0.00000133. The zero-order valence-corrected chi connectivity index (χ0v) is 17.5. The van der Waals surface area contributed by atoms with Crippen molar-refractivity contribution in [3.05, 3.63) is 12.7 Å². The third kappa shape index (κ3) is 22.8. The van der Waals surface area contributed by atoms with E-state index in [-0.39, 0.29) is 41.6 Å². The van der Waals surface area contributed by atoms with Crippen LogP contribution in [0.4, 0.5) is 0 Å². The average molecular weight is 383 g/mol. The molecule has 0 radical (unpaired) electrons. The number of halogens is 1. The molecule has 1 saturated heterocycles. The van der Waals surface area contributed by atoms with E-state index in [1.54, 1.807) is 0 Å². The van der Waals surface area contributed by atoms with Crippen molar-refractivity contribution in [1.82, 2.24) is 16.0 Å². The van der Waals surface area contributed by atoms with Gasteiger partial charge in [-0.15, -0.1) is 25.5 Å². The summed E-state index contributed by atoms with van der Waals surface area (Å²) >= 11 is 0. The SMILES string of the molecule is C1CCNCCCCNCCCCNCCCC[N-]C1.Cl.[CH3-].[Ti+2]. The summed E-state index contributed by atoms with van der Waals surface area (Å²) in [7, 11) is 0. The van der Waals surface area contributed by atoms with E-state index in [0.29, 0.717) is 0 Å². The summed E-state index contributed by atoms with van der Waals surface area (Å²) in [5, 5.41) is 15.2. The monoisotopic (exact) mass is 382 g/mol.